The van der Waals surface area contributed by atoms with Gasteiger partial charge in [0.05, 0.1) is 16.8 Å². The van der Waals surface area contributed by atoms with Crippen molar-refractivity contribution >= 4 is 12.0 Å². The zero-order chi connectivity index (χ0) is 10.4. The van der Waals surface area contributed by atoms with E-state index in [1.807, 2.05) is 12.1 Å². The van der Waals surface area contributed by atoms with Crippen LogP contribution in [0, 0.1) is 22.7 Å². The van der Waals surface area contributed by atoms with Crippen molar-refractivity contribution in [2.24, 2.45) is 4.99 Å². The molecular weight excluding hydrogens is 180 g/mol. The van der Waals surface area contributed by atoms with Gasteiger partial charge in [-0.05, 0) is 18.2 Å². The summed E-state index contributed by atoms with van der Waals surface area (Å²) in [5.41, 5.74) is 2.80. The topological polar surface area (TPSA) is 92.2 Å². The van der Waals surface area contributed by atoms with Crippen molar-refractivity contribution < 1.29 is 5.21 Å². The molecule has 0 unspecified atom stereocenters. The van der Waals surface area contributed by atoms with Crippen LogP contribution in [0.15, 0.2) is 23.2 Å². The van der Waals surface area contributed by atoms with Gasteiger partial charge in [-0.2, -0.15) is 10.5 Å². The first-order chi connectivity index (χ1) is 6.81. The van der Waals surface area contributed by atoms with Gasteiger partial charge >= 0.3 is 0 Å². The highest BCUT2D eigenvalue weighted by molar-refractivity contribution is 5.62. The van der Waals surface area contributed by atoms with Crippen LogP contribution in [0.3, 0.4) is 0 Å². The summed E-state index contributed by atoms with van der Waals surface area (Å²) in [6.45, 7) is 0. The van der Waals surface area contributed by atoms with Crippen LogP contribution in [0.1, 0.15) is 11.1 Å². The van der Waals surface area contributed by atoms with Gasteiger partial charge < -0.3 is 0 Å². The van der Waals surface area contributed by atoms with Gasteiger partial charge in [0.25, 0.3) is 0 Å². The van der Waals surface area contributed by atoms with Crippen LogP contribution in [-0.4, -0.2) is 11.5 Å². The van der Waals surface area contributed by atoms with Crippen LogP contribution >= 0.6 is 0 Å². The monoisotopic (exact) mass is 186 g/mol. The largest absolute Gasteiger partial charge is 0.290 e. The van der Waals surface area contributed by atoms with Crippen molar-refractivity contribution in [1.82, 2.24) is 5.48 Å². The number of benzene rings is 1. The Kier molecular flexibility index (Phi) is 3.20. The molecule has 0 aromatic heterocycles. The first-order valence-corrected chi connectivity index (χ1v) is 3.68. The van der Waals surface area contributed by atoms with E-state index in [1.54, 1.807) is 11.5 Å². The fourth-order valence-electron chi connectivity index (χ4n) is 0.906. The normalized spacial score (nSPS) is 9.36. The SMILES string of the molecule is N#Cc1ccc(N=CNO)cc1C#N. The third-order valence-electron chi connectivity index (χ3n) is 1.52. The molecule has 0 saturated heterocycles. The van der Waals surface area contributed by atoms with Crippen molar-refractivity contribution in [3.63, 3.8) is 0 Å². The predicted octanol–water partition coefficient (Wildman–Crippen LogP) is 1.07. The molecular formula is C9H6N4O. The minimum absolute atomic E-state index is 0.264. The summed E-state index contributed by atoms with van der Waals surface area (Å²) in [6, 6.07) is 8.32. The lowest BCUT2D eigenvalue weighted by Crippen LogP contribution is -2.00. The van der Waals surface area contributed by atoms with Gasteiger partial charge in [0.15, 0.2) is 0 Å². The summed E-state index contributed by atoms with van der Waals surface area (Å²) in [5.74, 6) is 0. The average Bonchev–Trinajstić information content (AvgIpc) is 2.25. The van der Waals surface area contributed by atoms with Crippen LogP contribution < -0.4 is 5.48 Å². The molecule has 14 heavy (non-hydrogen) atoms. The highest BCUT2D eigenvalue weighted by atomic mass is 16.5. The van der Waals surface area contributed by atoms with E-state index in [1.165, 1.54) is 12.1 Å². The Morgan fingerprint density at radius 3 is 2.57 bits per heavy atom. The molecule has 0 radical (unpaired) electrons. The second-order valence-electron chi connectivity index (χ2n) is 2.34. The zero-order valence-electron chi connectivity index (χ0n) is 7.10. The minimum atomic E-state index is 0.264. The standard InChI is InChI=1S/C9H6N4O/c10-4-7-1-2-9(12-6-13-14)3-8(7)5-11/h1-3,6,14H,(H,12,13). The Morgan fingerprint density at radius 1 is 1.29 bits per heavy atom. The number of rotatable bonds is 2. The van der Waals surface area contributed by atoms with E-state index < -0.39 is 0 Å². The number of nitrogens with one attached hydrogen (secondary N) is 1. The number of hydrogen-bond donors (Lipinski definition) is 2. The van der Waals surface area contributed by atoms with Crippen molar-refractivity contribution in [2.75, 3.05) is 0 Å². The summed E-state index contributed by atoms with van der Waals surface area (Å²) in [4.78, 5) is 3.76. The van der Waals surface area contributed by atoms with Crippen LogP contribution in [0.5, 0.6) is 0 Å². The summed E-state index contributed by atoms with van der Waals surface area (Å²) in [6.07, 6.45) is 1.07. The molecule has 0 aliphatic rings. The first-order valence-electron chi connectivity index (χ1n) is 3.68. The molecule has 0 atom stereocenters. The number of nitrogens with zero attached hydrogens (tertiary/aromatic N) is 3. The Bertz CT molecular complexity index is 439. The molecule has 2 N–H and O–H groups in total. The van der Waals surface area contributed by atoms with Crippen LogP contribution in [0.2, 0.25) is 0 Å². The number of hydrogen-bond acceptors (Lipinski definition) is 4. The second-order valence-corrected chi connectivity index (χ2v) is 2.34. The van der Waals surface area contributed by atoms with Gasteiger partial charge in [-0.3, -0.25) is 10.7 Å². The second kappa shape index (κ2) is 4.61. The molecule has 5 heteroatoms. The van der Waals surface area contributed by atoms with Gasteiger partial charge in [0.2, 0.25) is 0 Å². The van der Waals surface area contributed by atoms with E-state index >= 15 is 0 Å². The fraction of sp³-hybridized carbons (Fsp3) is 0. The third kappa shape index (κ3) is 2.07. The van der Waals surface area contributed by atoms with Crippen LogP contribution in [0.25, 0.3) is 0 Å². The molecule has 0 aliphatic carbocycles. The Labute approximate surface area is 80.5 Å². The van der Waals surface area contributed by atoms with Crippen LogP contribution in [-0.2, 0) is 0 Å². The Hall–Kier alpha value is -2.37. The summed E-state index contributed by atoms with van der Waals surface area (Å²) >= 11 is 0. The summed E-state index contributed by atoms with van der Waals surface area (Å²) in [5, 5.41) is 25.5. The van der Waals surface area contributed by atoms with Crippen molar-refractivity contribution in [1.29, 1.82) is 10.5 Å². The molecule has 1 aromatic rings. The Balaban J connectivity index is 3.11. The number of hydroxylamine groups is 1. The summed E-state index contributed by atoms with van der Waals surface area (Å²) < 4.78 is 0. The van der Waals surface area contributed by atoms with Gasteiger partial charge in [-0.15, -0.1) is 0 Å². The smallest absolute Gasteiger partial charge is 0.113 e. The van der Waals surface area contributed by atoms with Gasteiger partial charge in [0.1, 0.15) is 18.5 Å². The zero-order valence-corrected chi connectivity index (χ0v) is 7.10. The maximum Gasteiger partial charge on any atom is 0.113 e. The molecule has 1 aromatic carbocycles. The van der Waals surface area contributed by atoms with E-state index in [0.29, 0.717) is 11.3 Å². The van der Waals surface area contributed by atoms with Crippen LogP contribution in [0.4, 0.5) is 5.69 Å². The maximum absolute atomic E-state index is 8.68. The predicted molar refractivity (Wildman–Crippen MR) is 48.9 cm³/mol. The molecule has 0 amide bonds. The van der Waals surface area contributed by atoms with E-state index in [4.69, 9.17) is 15.7 Å². The molecule has 0 spiro atoms. The molecule has 0 heterocycles. The Morgan fingerprint density at radius 2 is 2.00 bits per heavy atom. The van der Waals surface area contributed by atoms with Crippen molar-refractivity contribution in [3.05, 3.63) is 29.3 Å². The highest BCUT2D eigenvalue weighted by Crippen LogP contribution is 2.16. The summed E-state index contributed by atoms with van der Waals surface area (Å²) in [7, 11) is 0. The van der Waals surface area contributed by atoms with Crippen molar-refractivity contribution in [3.8, 4) is 12.1 Å². The molecule has 1 rings (SSSR count). The maximum atomic E-state index is 8.68. The molecule has 0 bridgehead atoms. The van der Waals surface area contributed by atoms with E-state index in [2.05, 4.69) is 4.99 Å². The molecule has 0 saturated carbocycles. The van der Waals surface area contributed by atoms with E-state index in [9.17, 15) is 0 Å². The quantitative estimate of drug-likeness (QED) is 0.410. The lowest BCUT2D eigenvalue weighted by atomic mass is 10.1. The molecule has 0 fully saturated rings. The van der Waals surface area contributed by atoms with E-state index in [0.717, 1.165) is 6.34 Å². The van der Waals surface area contributed by atoms with Gasteiger partial charge in [-0.25, -0.2) is 4.99 Å². The molecule has 68 valence electrons. The lowest BCUT2D eigenvalue weighted by Gasteiger charge is -1.95. The number of nitriles is 2. The van der Waals surface area contributed by atoms with Crippen molar-refractivity contribution in [2.45, 2.75) is 0 Å². The number of aliphatic imine (C=N–C) groups is 1. The van der Waals surface area contributed by atoms with Gasteiger partial charge in [-0.1, -0.05) is 0 Å². The molecule has 5 nitrogen and oxygen atoms in total. The average molecular weight is 186 g/mol. The third-order valence-corrected chi connectivity index (χ3v) is 1.52. The molecule has 0 aliphatic heterocycles. The fourth-order valence-corrected chi connectivity index (χ4v) is 0.906. The van der Waals surface area contributed by atoms with E-state index in [-0.39, 0.29) is 5.56 Å². The first kappa shape index (κ1) is 9.72. The lowest BCUT2D eigenvalue weighted by molar-refractivity contribution is 0.240. The van der Waals surface area contributed by atoms with Gasteiger partial charge in [0, 0.05) is 0 Å². The highest BCUT2D eigenvalue weighted by Gasteiger charge is 2.00. The minimum Gasteiger partial charge on any atom is -0.290 e.